The molecule has 0 radical (unpaired) electrons. The van der Waals surface area contributed by atoms with Crippen LogP contribution in [0.2, 0.25) is 0 Å². The summed E-state index contributed by atoms with van der Waals surface area (Å²) in [5, 5.41) is 6.37. The van der Waals surface area contributed by atoms with Crippen LogP contribution in [0.1, 0.15) is 67.1 Å². The zero-order valence-electron chi connectivity index (χ0n) is 26.1. The quantitative estimate of drug-likeness (QED) is 0.0981. The number of benzene rings is 3. The lowest BCUT2D eigenvalue weighted by Gasteiger charge is -2.41. The van der Waals surface area contributed by atoms with Crippen molar-refractivity contribution in [2.75, 3.05) is 32.9 Å². The number of carbonyl (C=O) groups excluding carboxylic acids is 2. The van der Waals surface area contributed by atoms with Gasteiger partial charge in [0, 0.05) is 65.6 Å². The summed E-state index contributed by atoms with van der Waals surface area (Å²) in [4.78, 5) is 34.9. The fourth-order valence-corrected chi connectivity index (χ4v) is 6.70. The van der Waals surface area contributed by atoms with Crippen LogP contribution in [0.3, 0.4) is 0 Å². The van der Waals surface area contributed by atoms with Crippen molar-refractivity contribution in [1.29, 1.82) is 0 Å². The van der Waals surface area contributed by atoms with Gasteiger partial charge in [-0.25, -0.2) is 4.79 Å². The molecule has 3 aromatic carbocycles. The molecule has 8 nitrogen and oxygen atoms in total. The average Bonchev–Trinajstić information content (AvgIpc) is 3.68. The van der Waals surface area contributed by atoms with E-state index in [1.807, 2.05) is 69.3 Å². The van der Waals surface area contributed by atoms with Gasteiger partial charge in [0.15, 0.2) is 5.78 Å². The summed E-state index contributed by atoms with van der Waals surface area (Å²) in [6.45, 7) is 11.9. The van der Waals surface area contributed by atoms with Gasteiger partial charge in [-0.2, -0.15) is 0 Å². The Kier molecular flexibility index (Phi) is 8.67. The molecule has 6 rings (SSSR count). The standard InChI is InChI=1S/C36H41N3O5/c1-5-39-32-14-12-26(21-30(32)31-22-27(13-15-33(31)39)34(40)29-11-7-6-9-24(29)2)25(3)37-44-35(41)36(4,23-28-10-8-18-43-28)38-16-19-42-20-17-38/h6-7,9,11-15,21-22,28H,5,8,10,16-20,23H2,1-4H3/b37-25+. The van der Waals surface area contributed by atoms with Crippen molar-refractivity contribution < 1.29 is 23.9 Å². The minimum Gasteiger partial charge on any atom is -0.379 e. The Morgan fingerprint density at radius 3 is 2.32 bits per heavy atom. The Hall–Kier alpha value is -3.85. The highest BCUT2D eigenvalue weighted by atomic mass is 16.7. The van der Waals surface area contributed by atoms with Gasteiger partial charge in [0.25, 0.3) is 0 Å². The molecule has 44 heavy (non-hydrogen) atoms. The normalized spacial score (nSPS) is 19.4. The molecule has 0 amide bonds. The smallest absolute Gasteiger partial charge is 0.354 e. The molecule has 4 aromatic rings. The number of fused-ring (bicyclic) bond motifs is 3. The molecule has 2 saturated heterocycles. The molecule has 2 fully saturated rings. The average molecular weight is 596 g/mol. The topological polar surface area (TPSA) is 82.4 Å². The van der Waals surface area contributed by atoms with Gasteiger partial charge in [0.05, 0.1) is 25.0 Å². The Labute approximate surface area is 258 Å². The van der Waals surface area contributed by atoms with Gasteiger partial charge in [-0.05, 0) is 82.0 Å². The number of aryl methyl sites for hydroxylation is 2. The molecule has 8 heteroatoms. The minimum absolute atomic E-state index is 0.00882. The lowest BCUT2D eigenvalue weighted by Crippen LogP contribution is -2.58. The number of oxime groups is 1. The Balaban J connectivity index is 1.31. The highest BCUT2D eigenvalue weighted by Gasteiger charge is 2.44. The van der Waals surface area contributed by atoms with Crippen LogP contribution in [0.15, 0.2) is 65.8 Å². The van der Waals surface area contributed by atoms with Crippen LogP contribution in [-0.2, 0) is 25.7 Å². The van der Waals surface area contributed by atoms with Crippen LogP contribution in [0.25, 0.3) is 21.8 Å². The predicted molar refractivity (Wildman–Crippen MR) is 172 cm³/mol. The van der Waals surface area contributed by atoms with Gasteiger partial charge in [0.1, 0.15) is 5.54 Å². The SMILES string of the molecule is CCn1c2ccc(C(=O)c3ccccc3C)cc2c2cc(/C(C)=N/OC(=O)C(C)(CC3CCCO3)N3CCOCC3)ccc21. The number of aromatic nitrogens is 1. The summed E-state index contributed by atoms with van der Waals surface area (Å²) in [6.07, 6.45) is 2.54. The van der Waals surface area contributed by atoms with Crippen LogP contribution >= 0.6 is 0 Å². The van der Waals surface area contributed by atoms with Gasteiger partial charge in [0.2, 0.25) is 0 Å². The van der Waals surface area contributed by atoms with E-state index in [9.17, 15) is 9.59 Å². The molecule has 0 saturated carbocycles. The van der Waals surface area contributed by atoms with E-state index >= 15 is 0 Å². The van der Waals surface area contributed by atoms with E-state index in [1.165, 1.54) is 0 Å². The number of ketones is 1. The molecule has 2 aliphatic heterocycles. The number of hydrogen-bond donors (Lipinski definition) is 0. The molecule has 0 bridgehead atoms. The highest BCUT2D eigenvalue weighted by molar-refractivity contribution is 6.16. The highest BCUT2D eigenvalue weighted by Crippen LogP contribution is 2.33. The third-order valence-corrected chi connectivity index (χ3v) is 9.31. The summed E-state index contributed by atoms with van der Waals surface area (Å²) >= 11 is 0. The lowest BCUT2D eigenvalue weighted by molar-refractivity contribution is -0.163. The van der Waals surface area contributed by atoms with Crippen LogP contribution in [0.5, 0.6) is 0 Å². The second-order valence-corrected chi connectivity index (χ2v) is 12.1. The maximum absolute atomic E-state index is 13.7. The van der Waals surface area contributed by atoms with Gasteiger partial charge in [-0.15, -0.1) is 0 Å². The van der Waals surface area contributed by atoms with Crippen molar-refractivity contribution in [3.05, 3.63) is 82.9 Å². The molecular formula is C36H41N3O5. The van der Waals surface area contributed by atoms with E-state index in [-0.39, 0.29) is 17.9 Å². The number of nitrogens with zero attached hydrogens (tertiary/aromatic N) is 3. The van der Waals surface area contributed by atoms with Gasteiger partial charge in [-0.1, -0.05) is 35.5 Å². The Morgan fingerprint density at radius 2 is 1.66 bits per heavy atom. The summed E-state index contributed by atoms with van der Waals surface area (Å²) in [7, 11) is 0. The van der Waals surface area contributed by atoms with E-state index in [0.717, 1.165) is 58.9 Å². The van der Waals surface area contributed by atoms with Crippen molar-refractivity contribution in [2.24, 2.45) is 5.16 Å². The molecule has 230 valence electrons. The molecule has 0 N–H and O–H groups in total. The van der Waals surface area contributed by atoms with Crippen molar-refractivity contribution in [3.63, 3.8) is 0 Å². The van der Waals surface area contributed by atoms with E-state index in [0.29, 0.717) is 49.6 Å². The van der Waals surface area contributed by atoms with E-state index in [1.54, 1.807) is 0 Å². The molecule has 2 aliphatic rings. The largest absolute Gasteiger partial charge is 0.379 e. The number of ether oxygens (including phenoxy) is 2. The first-order valence-corrected chi connectivity index (χ1v) is 15.7. The van der Waals surface area contributed by atoms with Crippen molar-refractivity contribution in [3.8, 4) is 0 Å². The minimum atomic E-state index is -0.860. The third-order valence-electron chi connectivity index (χ3n) is 9.31. The first-order valence-electron chi connectivity index (χ1n) is 15.7. The van der Waals surface area contributed by atoms with Gasteiger partial charge in [-0.3, -0.25) is 9.69 Å². The van der Waals surface area contributed by atoms with E-state index in [2.05, 4.69) is 33.7 Å². The lowest BCUT2D eigenvalue weighted by atomic mass is 9.90. The molecule has 2 unspecified atom stereocenters. The fourth-order valence-electron chi connectivity index (χ4n) is 6.70. The molecule has 0 aliphatic carbocycles. The summed E-state index contributed by atoms with van der Waals surface area (Å²) in [5.74, 6) is -0.369. The van der Waals surface area contributed by atoms with E-state index in [4.69, 9.17) is 14.3 Å². The van der Waals surface area contributed by atoms with Crippen LogP contribution in [0.4, 0.5) is 0 Å². The number of hydrogen-bond acceptors (Lipinski definition) is 7. The first kappa shape index (κ1) is 30.2. The van der Waals surface area contributed by atoms with Gasteiger partial charge >= 0.3 is 5.97 Å². The van der Waals surface area contributed by atoms with Gasteiger partial charge < -0.3 is 18.9 Å². The monoisotopic (exact) mass is 595 g/mol. The number of carbonyl (C=O) groups is 2. The molecular weight excluding hydrogens is 554 g/mol. The zero-order chi connectivity index (χ0) is 30.8. The van der Waals surface area contributed by atoms with Crippen LogP contribution in [0, 0.1) is 6.92 Å². The third kappa shape index (κ3) is 5.70. The Bertz CT molecular complexity index is 1730. The molecule has 1 aromatic heterocycles. The number of morpholine rings is 1. The molecule has 2 atom stereocenters. The summed E-state index contributed by atoms with van der Waals surface area (Å²) in [6, 6.07) is 19.8. The molecule has 0 spiro atoms. The maximum Gasteiger partial charge on any atom is 0.354 e. The van der Waals surface area contributed by atoms with Crippen molar-refractivity contribution in [1.82, 2.24) is 9.47 Å². The van der Waals surface area contributed by atoms with Crippen LogP contribution in [-0.4, -0.2) is 71.5 Å². The second-order valence-electron chi connectivity index (χ2n) is 12.1. The maximum atomic E-state index is 13.7. The van der Waals surface area contributed by atoms with Crippen LogP contribution < -0.4 is 0 Å². The van der Waals surface area contributed by atoms with Crippen molar-refractivity contribution in [2.45, 2.75) is 65.1 Å². The fraction of sp³-hybridized carbons (Fsp3) is 0.417. The number of rotatable bonds is 9. The van der Waals surface area contributed by atoms with E-state index < -0.39 is 5.54 Å². The Morgan fingerprint density at radius 1 is 0.977 bits per heavy atom. The first-order chi connectivity index (χ1) is 21.3. The van der Waals surface area contributed by atoms with Crippen molar-refractivity contribution >= 4 is 39.3 Å². The second kappa shape index (κ2) is 12.6. The zero-order valence-corrected chi connectivity index (χ0v) is 26.1. The predicted octanol–water partition coefficient (Wildman–Crippen LogP) is 6.28. The molecule has 3 heterocycles. The summed E-state index contributed by atoms with van der Waals surface area (Å²) in [5.41, 5.74) is 5.05. The summed E-state index contributed by atoms with van der Waals surface area (Å²) < 4.78 is 13.7.